The molecular weight excluding hydrogens is 314 g/mol. The highest BCUT2D eigenvalue weighted by molar-refractivity contribution is 7.89. The molecule has 3 aliphatic rings. The van der Waals surface area contributed by atoms with Gasteiger partial charge < -0.3 is 4.98 Å². The summed E-state index contributed by atoms with van der Waals surface area (Å²) in [5, 5.41) is 0.853. The van der Waals surface area contributed by atoms with Crippen molar-refractivity contribution in [3.8, 4) is 0 Å². The van der Waals surface area contributed by atoms with E-state index in [4.69, 9.17) is 16.4 Å². The largest absolute Gasteiger partial charge is 0.345 e. The number of halogens is 1. The molecule has 1 saturated carbocycles. The van der Waals surface area contributed by atoms with Crippen molar-refractivity contribution in [3.63, 3.8) is 0 Å². The summed E-state index contributed by atoms with van der Waals surface area (Å²) in [5.74, 6) is 0. The van der Waals surface area contributed by atoms with Crippen molar-refractivity contribution in [1.29, 1.82) is 0 Å². The molecule has 2 aliphatic heterocycles. The van der Waals surface area contributed by atoms with Gasteiger partial charge in [-0.1, -0.05) is 16.1 Å². The standard InChI is InChI=1S/C13H14ClN3O3S/c14-12-6-5-10-11(7-15-13(10)16-12)21(18,19)17-8-1-3-9(20-17)4-2-8/h5-9H,1-4H2,(H,15,16). The van der Waals surface area contributed by atoms with Crippen LogP contribution in [0.2, 0.25) is 5.15 Å². The molecule has 0 radical (unpaired) electrons. The number of aromatic amines is 1. The summed E-state index contributed by atoms with van der Waals surface area (Å²) in [6.07, 6.45) is 5.05. The Morgan fingerprint density at radius 3 is 2.71 bits per heavy atom. The molecule has 0 unspecified atom stereocenters. The van der Waals surface area contributed by atoms with Crippen molar-refractivity contribution in [1.82, 2.24) is 14.4 Å². The second kappa shape index (κ2) is 4.67. The van der Waals surface area contributed by atoms with Gasteiger partial charge in [0.05, 0.1) is 12.1 Å². The fourth-order valence-corrected chi connectivity index (χ4v) is 4.94. The van der Waals surface area contributed by atoms with Crippen molar-refractivity contribution < 1.29 is 13.3 Å². The van der Waals surface area contributed by atoms with Gasteiger partial charge in [0.2, 0.25) is 0 Å². The smallest absolute Gasteiger partial charge is 0.267 e. The van der Waals surface area contributed by atoms with Gasteiger partial charge in [0.25, 0.3) is 10.0 Å². The highest BCUT2D eigenvalue weighted by atomic mass is 35.5. The number of hydrogen-bond donors (Lipinski definition) is 1. The molecule has 2 bridgehead atoms. The van der Waals surface area contributed by atoms with Crippen molar-refractivity contribution in [2.75, 3.05) is 0 Å². The number of hydrogen-bond acceptors (Lipinski definition) is 4. The Morgan fingerprint density at radius 2 is 2.05 bits per heavy atom. The van der Waals surface area contributed by atoms with Gasteiger partial charge in [-0.3, -0.25) is 4.84 Å². The number of fused-ring (bicyclic) bond motifs is 4. The summed E-state index contributed by atoms with van der Waals surface area (Å²) >= 11 is 5.83. The van der Waals surface area contributed by atoms with Gasteiger partial charge in [-0.2, -0.15) is 0 Å². The van der Waals surface area contributed by atoms with Gasteiger partial charge in [-0.05, 0) is 37.8 Å². The maximum absolute atomic E-state index is 12.9. The third kappa shape index (κ3) is 2.07. The number of nitrogens with one attached hydrogen (secondary N) is 1. The van der Waals surface area contributed by atoms with Crippen LogP contribution in [0.25, 0.3) is 11.0 Å². The third-order valence-corrected chi connectivity index (χ3v) is 6.14. The summed E-state index contributed by atoms with van der Waals surface area (Å²) < 4.78 is 26.9. The first kappa shape index (κ1) is 13.5. The number of hydroxylamine groups is 1. The highest BCUT2D eigenvalue weighted by Crippen LogP contribution is 2.37. The van der Waals surface area contributed by atoms with Crippen LogP contribution in [0.3, 0.4) is 0 Å². The zero-order valence-electron chi connectivity index (χ0n) is 11.1. The first-order valence-corrected chi connectivity index (χ1v) is 8.72. The van der Waals surface area contributed by atoms with Crippen LogP contribution in [0, 0.1) is 0 Å². The Labute approximate surface area is 127 Å². The Morgan fingerprint density at radius 1 is 1.29 bits per heavy atom. The second-order valence-electron chi connectivity index (χ2n) is 5.48. The lowest BCUT2D eigenvalue weighted by Gasteiger charge is -2.42. The van der Waals surface area contributed by atoms with E-state index in [9.17, 15) is 8.42 Å². The van der Waals surface area contributed by atoms with Crippen LogP contribution < -0.4 is 0 Å². The molecule has 0 aromatic carbocycles. The van der Waals surface area contributed by atoms with Crippen molar-refractivity contribution >= 4 is 32.7 Å². The molecule has 6 nitrogen and oxygen atoms in total. The Bertz CT molecular complexity index is 796. The number of rotatable bonds is 2. The molecule has 3 fully saturated rings. The van der Waals surface area contributed by atoms with Crippen LogP contribution in [0.15, 0.2) is 23.2 Å². The summed E-state index contributed by atoms with van der Waals surface area (Å²) in [4.78, 5) is 12.8. The zero-order valence-corrected chi connectivity index (χ0v) is 12.7. The van der Waals surface area contributed by atoms with Gasteiger partial charge >= 0.3 is 0 Å². The monoisotopic (exact) mass is 327 g/mol. The van der Waals surface area contributed by atoms with Crippen LogP contribution in [0.4, 0.5) is 0 Å². The molecule has 8 heteroatoms. The van der Waals surface area contributed by atoms with Gasteiger partial charge in [0, 0.05) is 11.6 Å². The lowest BCUT2D eigenvalue weighted by Crippen LogP contribution is -2.51. The SMILES string of the molecule is O=S(=O)(c1c[nH]c2nc(Cl)ccc12)N1OC2CCC1CC2. The summed E-state index contributed by atoms with van der Waals surface area (Å²) in [6, 6.07) is 3.18. The van der Waals surface area contributed by atoms with Crippen LogP contribution in [-0.2, 0) is 14.9 Å². The molecule has 1 N–H and O–H groups in total. The van der Waals surface area contributed by atoms with Crippen LogP contribution in [0.5, 0.6) is 0 Å². The average Bonchev–Trinajstić information content (AvgIpc) is 2.92. The minimum Gasteiger partial charge on any atom is -0.345 e. The van der Waals surface area contributed by atoms with Crippen LogP contribution >= 0.6 is 11.6 Å². The predicted molar refractivity (Wildman–Crippen MR) is 77.3 cm³/mol. The number of nitrogens with zero attached hydrogens (tertiary/aromatic N) is 2. The molecule has 0 amide bonds. The minimum atomic E-state index is -3.69. The maximum atomic E-state index is 12.9. The number of pyridine rings is 1. The molecule has 2 saturated heterocycles. The summed E-state index contributed by atoms with van der Waals surface area (Å²) in [5.41, 5.74) is 0.461. The molecule has 5 rings (SSSR count). The Kier molecular flexibility index (Phi) is 3.01. The fourth-order valence-electron chi connectivity index (χ4n) is 3.11. The molecule has 0 atom stereocenters. The van der Waals surface area contributed by atoms with Crippen molar-refractivity contribution in [3.05, 3.63) is 23.5 Å². The van der Waals surface area contributed by atoms with E-state index in [1.165, 1.54) is 10.7 Å². The molecule has 112 valence electrons. The topological polar surface area (TPSA) is 75.3 Å². The van der Waals surface area contributed by atoms with E-state index >= 15 is 0 Å². The summed E-state index contributed by atoms with van der Waals surface area (Å²) in [6.45, 7) is 0. The number of aromatic nitrogens is 2. The maximum Gasteiger partial charge on any atom is 0.267 e. The van der Waals surface area contributed by atoms with Gasteiger partial charge in [-0.15, -0.1) is 0 Å². The van der Waals surface area contributed by atoms with Gasteiger partial charge in [-0.25, -0.2) is 13.4 Å². The van der Waals surface area contributed by atoms with Crippen molar-refractivity contribution in [2.45, 2.75) is 42.7 Å². The molecule has 21 heavy (non-hydrogen) atoms. The van der Waals surface area contributed by atoms with Gasteiger partial charge in [0.15, 0.2) is 0 Å². The quantitative estimate of drug-likeness (QED) is 0.860. The zero-order chi connectivity index (χ0) is 14.6. The van der Waals surface area contributed by atoms with E-state index in [-0.39, 0.29) is 17.0 Å². The first-order valence-electron chi connectivity index (χ1n) is 6.90. The third-order valence-electron chi connectivity index (χ3n) is 4.18. The molecule has 0 spiro atoms. The molecular formula is C13H14ClN3O3S. The normalized spacial score (nSPS) is 26.5. The molecule has 2 aromatic rings. The van der Waals surface area contributed by atoms with E-state index in [0.29, 0.717) is 16.2 Å². The summed E-state index contributed by atoms with van der Waals surface area (Å²) in [7, 11) is -3.69. The number of H-pyrrole nitrogens is 1. The van der Waals surface area contributed by atoms with Gasteiger partial charge in [0.1, 0.15) is 15.7 Å². The number of sulfonamides is 1. The van der Waals surface area contributed by atoms with E-state index in [1.54, 1.807) is 12.1 Å². The lowest BCUT2D eigenvalue weighted by atomic mass is 9.92. The fraction of sp³-hybridized carbons (Fsp3) is 0.462. The molecule has 2 aromatic heterocycles. The Hall–Kier alpha value is -1.15. The predicted octanol–water partition coefficient (Wildman–Crippen LogP) is 2.46. The van der Waals surface area contributed by atoms with E-state index < -0.39 is 10.0 Å². The second-order valence-corrected chi connectivity index (χ2v) is 7.62. The Balaban J connectivity index is 1.80. The van der Waals surface area contributed by atoms with Crippen LogP contribution in [-0.4, -0.2) is 35.0 Å². The first-order chi connectivity index (χ1) is 10.1. The van der Waals surface area contributed by atoms with E-state index in [0.717, 1.165) is 25.7 Å². The highest BCUT2D eigenvalue weighted by Gasteiger charge is 2.43. The average molecular weight is 328 g/mol. The van der Waals surface area contributed by atoms with Crippen LogP contribution in [0.1, 0.15) is 25.7 Å². The molecule has 4 heterocycles. The lowest BCUT2D eigenvalue weighted by molar-refractivity contribution is -0.217. The van der Waals surface area contributed by atoms with E-state index in [1.807, 2.05) is 0 Å². The minimum absolute atomic E-state index is 0.0163. The van der Waals surface area contributed by atoms with E-state index in [2.05, 4.69) is 9.97 Å². The van der Waals surface area contributed by atoms with Crippen molar-refractivity contribution in [2.24, 2.45) is 0 Å². The molecule has 1 aliphatic carbocycles.